The second-order valence-corrected chi connectivity index (χ2v) is 9.25. The Morgan fingerprint density at radius 3 is 2.18 bits per heavy atom. The van der Waals surface area contributed by atoms with Crippen molar-refractivity contribution >= 4 is 29.5 Å². The van der Waals surface area contributed by atoms with E-state index in [4.69, 9.17) is 4.74 Å². The van der Waals surface area contributed by atoms with Gasteiger partial charge in [-0.2, -0.15) is 0 Å². The number of nitrogens with zero attached hydrogens (tertiary/aromatic N) is 1. The van der Waals surface area contributed by atoms with E-state index in [0.717, 1.165) is 11.1 Å². The number of β-lactam (4-membered cyclic amide) rings is 1. The lowest BCUT2D eigenvalue weighted by molar-refractivity contribution is -0.148. The molecule has 8 heteroatoms. The van der Waals surface area contributed by atoms with Crippen molar-refractivity contribution in [3.05, 3.63) is 83.6 Å². The molecule has 2 N–H and O–H groups in total. The Hall–Kier alpha value is -3.10. The van der Waals surface area contributed by atoms with Crippen molar-refractivity contribution in [3.8, 4) is 0 Å². The van der Waals surface area contributed by atoms with Gasteiger partial charge in [-0.25, -0.2) is 0 Å². The third-order valence-corrected chi connectivity index (χ3v) is 7.24. The maximum absolute atomic E-state index is 13.5. The van der Waals surface area contributed by atoms with Crippen LogP contribution in [-0.4, -0.2) is 50.6 Å². The number of esters is 1. The van der Waals surface area contributed by atoms with Gasteiger partial charge >= 0.3 is 5.97 Å². The number of amides is 2. The van der Waals surface area contributed by atoms with E-state index in [2.05, 4.69) is 5.32 Å². The number of nitrogens with one attached hydrogen (secondary N) is 1. The molecule has 4 atom stereocenters. The highest BCUT2D eigenvalue weighted by Crippen LogP contribution is 2.43. The first-order chi connectivity index (χ1) is 15.9. The highest BCUT2D eigenvalue weighted by molar-refractivity contribution is 8.01. The van der Waals surface area contributed by atoms with Crippen molar-refractivity contribution in [2.24, 2.45) is 0 Å². The zero-order valence-corrected chi connectivity index (χ0v) is 19.2. The third kappa shape index (κ3) is 4.67. The Morgan fingerprint density at radius 1 is 1.09 bits per heavy atom. The predicted octanol–water partition coefficient (Wildman–Crippen LogP) is 2.76. The van der Waals surface area contributed by atoms with E-state index < -0.39 is 34.8 Å². The summed E-state index contributed by atoms with van der Waals surface area (Å²) in [5.74, 6) is -1.08. The van der Waals surface area contributed by atoms with Gasteiger partial charge in [0.05, 0.1) is 6.10 Å². The molecule has 0 aromatic heterocycles. The summed E-state index contributed by atoms with van der Waals surface area (Å²) in [5, 5.41) is 12.0. The van der Waals surface area contributed by atoms with E-state index in [0.29, 0.717) is 12.0 Å². The van der Waals surface area contributed by atoms with Gasteiger partial charge in [0.15, 0.2) is 6.10 Å². The molecule has 172 valence electrons. The number of carbonyl (C=O) groups excluding carboxylic acids is 3. The number of thioether (sulfide) groups is 1. The van der Waals surface area contributed by atoms with Crippen LogP contribution in [0, 0.1) is 0 Å². The Labute approximate surface area is 196 Å². The molecule has 2 aliphatic heterocycles. The lowest BCUT2D eigenvalue weighted by atomic mass is 10.00. The summed E-state index contributed by atoms with van der Waals surface area (Å²) >= 11 is 1.21. The second kappa shape index (κ2) is 9.80. The van der Waals surface area contributed by atoms with E-state index >= 15 is 0 Å². The lowest BCUT2D eigenvalue weighted by Crippen LogP contribution is -2.69. The van der Waals surface area contributed by atoms with Gasteiger partial charge < -0.3 is 20.1 Å². The molecule has 2 aromatic carbocycles. The van der Waals surface area contributed by atoms with Gasteiger partial charge in [0, 0.05) is 13.1 Å². The van der Waals surface area contributed by atoms with Crippen LogP contribution in [0.15, 0.2) is 72.4 Å². The number of fused-ring (bicyclic) bond motifs is 1. The molecule has 1 saturated heterocycles. The van der Waals surface area contributed by atoms with Crippen LogP contribution in [-0.2, 0) is 19.1 Å². The topological polar surface area (TPSA) is 95.9 Å². The van der Waals surface area contributed by atoms with E-state index in [1.165, 1.54) is 23.6 Å². The normalized spacial score (nSPS) is 22.7. The molecule has 0 bridgehead atoms. The summed E-state index contributed by atoms with van der Waals surface area (Å²) in [6, 6.07) is 18.2. The summed E-state index contributed by atoms with van der Waals surface area (Å²) < 4.78 is 6.04. The van der Waals surface area contributed by atoms with Crippen LogP contribution in [0.5, 0.6) is 0 Å². The molecular weight excluding hydrogens is 440 g/mol. The molecule has 4 rings (SSSR count). The van der Waals surface area contributed by atoms with Crippen molar-refractivity contribution in [1.29, 1.82) is 0 Å². The fourth-order valence-electron chi connectivity index (χ4n) is 4.02. The molecule has 2 aliphatic rings. The number of ether oxygens (including phenoxy) is 1. The van der Waals surface area contributed by atoms with Crippen molar-refractivity contribution in [3.63, 3.8) is 0 Å². The Kier molecular flexibility index (Phi) is 6.85. The average Bonchev–Trinajstić information content (AvgIpc) is 2.85. The zero-order valence-electron chi connectivity index (χ0n) is 18.4. The number of hydrogen-bond acceptors (Lipinski definition) is 6. The summed E-state index contributed by atoms with van der Waals surface area (Å²) in [5.41, 5.74) is 2.09. The summed E-state index contributed by atoms with van der Waals surface area (Å²) in [6.45, 7) is 3.15. The Balaban J connectivity index is 1.63. The summed E-state index contributed by atoms with van der Waals surface area (Å²) in [6.07, 6.45) is 0.420. The van der Waals surface area contributed by atoms with Gasteiger partial charge in [-0.3, -0.25) is 14.4 Å². The first-order valence-corrected chi connectivity index (χ1v) is 11.8. The van der Waals surface area contributed by atoms with Gasteiger partial charge in [0.25, 0.3) is 5.91 Å². The molecular formula is C25H26N2O5S. The molecule has 2 aromatic rings. The molecule has 0 radical (unpaired) electrons. The quantitative estimate of drug-likeness (QED) is 0.481. The predicted molar refractivity (Wildman–Crippen MR) is 125 cm³/mol. The fourth-order valence-corrected chi connectivity index (χ4v) is 5.47. The van der Waals surface area contributed by atoms with Crippen LogP contribution in [0.1, 0.15) is 37.5 Å². The van der Waals surface area contributed by atoms with Crippen LogP contribution in [0.4, 0.5) is 0 Å². The van der Waals surface area contributed by atoms with E-state index in [1.54, 1.807) is 13.1 Å². The van der Waals surface area contributed by atoms with E-state index in [-0.39, 0.29) is 11.8 Å². The average molecular weight is 467 g/mol. The number of aliphatic hydroxyl groups excluding tert-OH is 1. The van der Waals surface area contributed by atoms with Crippen LogP contribution >= 0.6 is 11.8 Å². The van der Waals surface area contributed by atoms with Crippen molar-refractivity contribution < 1.29 is 24.2 Å². The number of benzene rings is 2. The minimum atomic E-state index is -0.893. The molecule has 2 amide bonds. The first-order valence-electron chi connectivity index (χ1n) is 10.9. The number of rotatable bonds is 7. The Morgan fingerprint density at radius 2 is 1.67 bits per heavy atom. The molecule has 3 unspecified atom stereocenters. The van der Waals surface area contributed by atoms with Crippen molar-refractivity contribution in [2.75, 3.05) is 0 Å². The summed E-state index contributed by atoms with van der Waals surface area (Å²) in [4.78, 5) is 38.9. The lowest BCUT2D eigenvalue weighted by Gasteiger charge is -2.49. The molecule has 1 fully saturated rings. The first kappa shape index (κ1) is 23.1. The SMILES string of the molecule is CCC(O)C1=CN2C(=O)C(NC(C)=O)[C@H]2SC1C(=O)OC(c1ccccc1)c1ccccc1. The largest absolute Gasteiger partial charge is 0.451 e. The monoisotopic (exact) mass is 466 g/mol. The van der Waals surface area contributed by atoms with Crippen LogP contribution in [0.25, 0.3) is 0 Å². The van der Waals surface area contributed by atoms with Gasteiger partial charge in [-0.15, -0.1) is 11.8 Å². The maximum Gasteiger partial charge on any atom is 0.324 e. The molecule has 0 spiro atoms. The molecule has 33 heavy (non-hydrogen) atoms. The zero-order chi connectivity index (χ0) is 23.5. The Bertz CT molecular complexity index is 1020. The van der Waals surface area contributed by atoms with Gasteiger partial charge in [0.1, 0.15) is 16.7 Å². The number of carbonyl (C=O) groups is 3. The highest BCUT2D eigenvalue weighted by Gasteiger charge is 2.53. The molecule has 0 saturated carbocycles. The van der Waals surface area contributed by atoms with Crippen molar-refractivity contribution in [1.82, 2.24) is 10.2 Å². The van der Waals surface area contributed by atoms with Crippen molar-refractivity contribution in [2.45, 2.75) is 49.1 Å². The maximum atomic E-state index is 13.5. The number of aliphatic hydroxyl groups is 1. The van der Waals surface area contributed by atoms with Crippen LogP contribution < -0.4 is 5.32 Å². The number of hydrogen-bond donors (Lipinski definition) is 2. The summed E-state index contributed by atoms with van der Waals surface area (Å²) in [7, 11) is 0. The fraction of sp³-hybridized carbons (Fsp3) is 0.320. The minimum Gasteiger partial charge on any atom is -0.451 e. The minimum absolute atomic E-state index is 0.262. The van der Waals surface area contributed by atoms with Gasteiger partial charge in [-0.05, 0) is 23.1 Å². The molecule has 0 aliphatic carbocycles. The second-order valence-electron chi connectivity index (χ2n) is 8.02. The molecule has 7 nitrogen and oxygen atoms in total. The van der Waals surface area contributed by atoms with E-state index in [1.807, 2.05) is 60.7 Å². The van der Waals surface area contributed by atoms with Crippen LogP contribution in [0.3, 0.4) is 0 Å². The highest BCUT2D eigenvalue weighted by atomic mass is 32.2. The van der Waals surface area contributed by atoms with Gasteiger partial charge in [0.2, 0.25) is 5.91 Å². The van der Waals surface area contributed by atoms with E-state index in [9.17, 15) is 19.5 Å². The smallest absolute Gasteiger partial charge is 0.324 e. The third-order valence-electron chi connectivity index (χ3n) is 5.73. The van der Waals surface area contributed by atoms with Gasteiger partial charge in [-0.1, -0.05) is 67.6 Å². The van der Waals surface area contributed by atoms with Crippen LogP contribution in [0.2, 0.25) is 0 Å². The standard InChI is InChI=1S/C25H26N2O5S/c1-3-19(29)18-14-27-23(30)20(26-15(2)28)24(27)33-22(18)25(31)32-21(16-10-6-4-7-11-16)17-12-8-5-9-13-17/h4-14,19-22,24,29H,3H2,1-2H3,(H,26,28)/t19?,20?,22?,24-/m1/s1. The molecule has 2 heterocycles.